The van der Waals surface area contributed by atoms with E-state index < -0.39 is 0 Å². The van der Waals surface area contributed by atoms with Gasteiger partial charge in [0, 0.05) is 30.3 Å². The molecule has 0 saturated carbocycles. The molecule has 1 atom stereocenters. The van der Waals surface area contributed by atoms with Crippen LogP contribution in [0.4, 0.5) is 11.5 Å². The van der Waals surface area contributed by atoms with Crippen LogP contribution in [-0.4, -0.2) is 57.6 Å². The summed E-state index contributed by atoms with van der Waals surface area (Å²) in [5, 5.41) is 19.0. The summed E-state index contributed by atoms with van der Waals surface area (Å²) in [7, 11) is 0. The number of aryl methyl sites for hydroxylation is 1. The number of benzene rings is 1. The minimum atomic E-state index is -0.0378. The molecular weight excluding hydrogens is 352 g/mol. The summed E-state index contributed by atoms with van der Waals surface area (Å²) in [6.45, 7) is 4.37. The normalized spacial score (nSPS) is 17.9. The van der Waals surface area contributed by atoms with E-state index >= 15 is 0 Å². The van der Waals surface area contributed by atoms with Crippen LogP contribution in [-0.2, 0) is 6.42 Å². The molecule has 26 heavy (non-hydrogen) atoms. The highest BCUT2D eigenvalue weighted by Crippen LogP contribution is 2.29. The molecule has 1 fully saturated rings. The third-order valence-electron chi connectivity index (χ3n) is 4.88. The molecular formula is C18H21ClN6O. The number of rotatable bonds is 4. The van der Waals surface area contributed by atoms with Crippen molar-refractivity contribution in [2.75, 3.05) is 36.0 Å². The highest BCUT2D eigenvalue weighted by atomic mass is 35.5. The molecule has 3 aromatic rings. The lowest BCUT2D eigenvalue weighted by Crippen LogP contribution is -2.55. The number of aromatic nitrogens is 4. The smallest absolute Gasteiger partial charge is 0.160 e. The Morgan fingerprint density at radius 2 is 2.19 bits per heavy atom. The number of nitrogens with zero attached hydrogens (tertiary/aromatic N) is 5. The molecule has 4 rings (SSSR count). The SMILES string of the molecule is CCc1n[nH]c2ncnc(N3CCN(c4cccc(Cl)c4)C(CO)C3)c12. The van der Waals surface area contributed by atoms with E-state index in [-0.39, 0.29) is 12.6 Å². The van der Waals surface area contributed by atoms with E-state index in [1.807, 2.05) is 24.3 Å². The number of fused-ring (bicyclic) bond motifs is 1. The molecule has 1 aromatic carbocycles. The number of H-pyrrole nitrogens is 1. The van der Waals surface area contributed by atoms with Crippen LogP contribution in [0.1, 0.15) is 12.6 Å². The number of aliphatic hydroxyl groups is 1. The third-order valence-corrected chi connectivity index (χ3v) is 5.12. The Balaban J connectivity index is 1.64. The van der Waals surface area contributed by atoms with Crippen molar-refractivity contribution in [2.24, 2.45) is 0 Å². The molecule has 0 aliphatic carbocycles. The van der Waals surface area contributed by atoms with E-state index in [0.717, 1.165) is 47.7 Å². The zero-order chi connectivity index (χ0) is 18.1. The van der Waals surface area contributed by atoms with Gasteiger partial charge in [-0.05, 0) is 24.6 Å². The lowest BCUT2D eigenvalue weighted by molar-refractivity contribution is 0.253. The first-order valence-corrected chi connectivity index (χ1v) is 9.15. The van der Waals surface area contributed by atoms with Gasteiger partial charge in [-0.1, -0.05) is 24.6 Å². The summed E-state index contributed by atoms with van der Waals surface area (Å²) in [6, 6.07) is 7.72. The largest absolute Gasteiger partial charge is 0.394 e. The van der Waals surface area contributed by atoms with E-state index in [4.69, 9.17) is 11.6 Å². The maximum Gasteiger partial charge on any atom is 0.160 e. The first kappa shape index (κ1) is 17.1. The summed E-state index contributed by atoms with van der Waals surface area (Å²) in [5.74, 6) is 0.879. The molecule has 0 radical (unpaired) electrons. The second kappa shape index (κ2) is 7.09. The van der Waals surface area contributed by atoms with Crippen LogP contribution >= 0.6 is 11.6 Å². The molecule has 1 aliphatic rings. The monoisotopic (exact) mass is 372 g/mol. The number of hydrogen-bond acceptors (Lipinski definition) is 6. The number of aromatic amines is 1. The van der Waals surface area contributed by atoms with Crippen LogP contribution in [0.2, 0.25) is 5.02 Å². The van der Waals surface area contributed by atoms with Crippen molar-refractivity contribution in [2.45, 2.75) is 19.4 Å². The number of anilines is 2. The van der Waals surface area contributed by atoms with Crippen molar-refractivity contribution >= 4 is 34.1 Å². The molecule has 1 saturated heterocycles. The fraction of sp³-hybridized carbons (Fsp3) is 0.389. The Bertz CT molecular complexity index is 914. The van der Waals surface area contributed by atoms with Crippen LogP contribution in [0.5, 0.6) is 0 Å². The topological polar surface area (TPSA) is 81.2 Å². The van der Waals surface area contributed by atoms with Gasteiger partial charge in [0.15, 0.2) is 5.65 Å². The molecule has 2 N–H and O–H groups in total. The minimum Gasteiger partial charge on any atom is -0.394 e. The summed E-state index contributed by atoms with van der Waals surface area (Å²) >= 11 is 6.14. The minimum absolute atomic E-state index is 0.0378. The van der Waals surface area contributed by atoms with Crippen molar-refractivity contribution in [3.8, 4) is 0 Å². The van der Waals surface area contributed by atoms with Gasteiger partial charge in [0.1, 0.15) is 12.1 Å². The summed E-state index contributed by atoms with van der Waals surface area (Å²) < 4.78 is 0. The van der Waals surface area contributed by atoms with Gasteiger partial charge < -0.3 is 14.9 Å². The van der Waals surface area contributed by atoms with Gasteiger partial charge in [-0.2, -0.15) is 5.10 Å². The van der Waals surface area contributed by atoms with Gasteiger partial charge in [0.2, 0.25) is 0 Å². The fourth-order valence-electron chi connectivity index (χ4n) is 3.60. The third kappa shape index (κ3) is 2.97. The molecule has 1 aliphatic heterocycles. The van der Waals surface area contributed by atoms with Gasteiger partial charge in [-0.15, -0.1) is 0 Å². The molecule has 7 nitrogen and oxygen atoms in total. The Hall–Kier alpha value is -2.38. The quantitative estimate of drug-likeness (QED) is 0.731. The van der Waals surface area contributed by atoms with Gasteiger partial charge in [0.05, 0.1) is 23.7 Å². The Morgan fingerprint density at radius 1 is 1.31 bits per heavy atom. The Kier molecular flexibility index (Phi) is 4.65. The van der Waals surface area contributed by atoms with Crippen LogP contribution in [0, 0.1) is 0 Å². The second-order valence-corrected chi connectivity index (χ2v) is 6.84. The van der Waals surface area contributed by atoms with Crippen LogP contribution in [0.15, 0.2) is 30.6 Å². The van der Waals surface area contributed by atoms with Crippen LogP contribution < -0.4 is 9.80 Å². The summed E-state index contributed by atoms with van der Waals surface area (Å²) in [6.07, 6.45) is 2.37. The lowest BCUT2D eigenvalue weighted by Gasteiger charge is -2.42. The van der Waals surface area contributed by atoms with Gasteiger partial charge in [-0.25, -0.2) is 9.97 Å². The highest BCUT2D eigenvalue weighted by molar-refractivity contribution is 6.30. The van der Waals surface area contributed by atoms with E-state index in [1.54, 1.807) is 6.33 Å². The Morgan fingerprint density at radius 3 is 2.96 bits per heavy atom. The van der Waals surface area contributed by atoms with Crippen molar-refractivity contribution in [3.63, 3.8) is 0 Å². The predicted molar refractivity (Wildman–Crippen MR) is 103 cm³/mol. The van der Waals surface area contributed by atoms with E-state index in [2.05, 4.69) is 36.9 Å². The van der Waals surface area contributed by atoms with Crippen LogP contribution in [0.3, 0.4) is 0 Å². The fourth-order valence-corrected chi connectivity index (χ4v) is 3.78. The van der Waals surface area contributed by atoms with E-state index in [0.29, 0.717) is 11.6 Å². The van der Waals surface area contributed by atoms with Gasteiger partial charge >= 0.3 is 0 Å². The second-order valence-electron chi connectivity index (χ2n) is 6.40. The molecule has 0 spiro atoms. The van der Waals surface area contributed by atoms with E-state index in [1.165, 1.54) is 0 Å². The summed E-state index contributed by atoms with van der Waals surface area (Å²) in [5.41, 5.74) is 2.75. The molecule has 0 amide bonds. The molecule has 1 unspecified atom stereocenters. The molecule has 3 heterocycles. The molecule has 2 aromatic heterocycles. The highest BCUT2D eigenvalue weighted by Gasteiger charge is 2.29. The lowest BCUT2D eigenvalue weighted by atomic mass is 10.1. The van der Waals surface area contributed by atoms with Gasteiger partial charge in [0.25, 0.3) is 0 Å². The standard InChI is InChI=1S/C18H21ClN6O/c1-2-15-16-17(23-22-15)20-11-21-18(16)24-6-7-25(14(9-24)10-26)13-5-3-4-12(19)8-13/h3-5,8,11,14,26H,2,6-7,9-10H2,1H3,(H,20,21,22,23). The zero-order valence-corrected chi connectivity index (χ0v) is 15.3. The van der Waals surface area contributed by atoms with Crippen molar-refractivity contribution < 1.29 is 5.11 Å². The predicted octanol–water partition coefficient (Wildman–Crippen LogP) is 2.26. The molecule has 0 bridgehead atoms. The zero-order valence-electron chi connectivity index (χ0n) is 14.6. The maximum atomic E-state index is 9.98. The Labute approximate surface area is 156 Å². The average Bonchev–Trinajstić information content (AvgIpc) is 3.11. The van der Waals surface area contributed by atoms with Crippen molar-refractivity contribution in [1.29, 1.82) is 0 Å². The maximum absolute atomic E-state index is 9.98. The van der Waals surface area contributed by atoms with Gasteiger partial charge in [-0.3, -0.25) is 5.10 Å². The first-order chi connectivity index (χ1) is 12.7. The summed E-state index contributed by atoms with van der Waals surface area (Å²) in [4.78, 5) is 13.2. The molecule has 136 valence electrons. The number of hydrogen-bond donors (Lipinski definition) is 2. The van der Waals surface area contributed by atoms with Crippen molar-refractivity contribution in [1.82, 2.24) is 20.2 Å². The number of nitrogens with one attached hydrogen (secondary N) is 1. The molecule has 8 heteroatoms. The number of halogens is 1. The van der Waals surface area contributed by atoms with E-state index in [9.17, 15) is 5.11 Å². The van der Waals surface area contributed by atoms with Crippen LogP contribution in [0.25, 0.3) is 11.0 Å². The van der Waals surface area contributed by atoms with Crippen molar-refractivity contribution in [3.05, 3.63) is 41.3 Å². The number of piperazine rings is 1. The average molecular weight is 373 g/mol. The first-order valence-electron chi connectivity index (χ1n) is 8.77. The number of aliphatic hydroxyl groups excluding tert-OH is 1.